The first-order chi connectivity index (χ1) is 19.6. The number of carbonyl (C=O) groups excluding carboxylic acids is 3. The summed E-state index contributed by atoms with van der Waals surface area (Å²) in [7, 11) is 0. The van der Waals surface area contributed by atoms with Crippen molar-refractivity contribution in [2.24, 2.45) is 11.3 Å². The Bertz CT molecular complexity index is 1390. The smallest absolute Gasteiger partial charge is 0.408 e. The third kappa shape index (κ3) is 6.75. The van der Waals surface area contributed by atoms with Gasteiger partial charge in [-0.25, -0.2) is 9.59 Å². The molecule has 42 heavy (non-hydrogen) atoms. The van der Waals surface area contributed by atoms with E-state index in [0.29, 0.717) is 6.42 Å². The lowest BCUT2D eigenvalue weighted by atomic mass is 9.85. The van der Waals surface area contributed by atoms with Crippen LogP contribution in [0.5, 0.6) is 0 Å². The van der Waals surface area contributed by atoms with Crippen LogP contribution in [0.15, 0.2) is 60.0 Å². The number of carboxylic acid groups (broad SMARTS) is 1. The fraction of sp³-hybridized carbons (Fsp3) is 0.500. The van der Waals surface area contributed by atoms with Gasteiger partial charge in [0.05, 0.1) is 0 Å². The van der Waals surface area contributed by atoms with Crippen LogP contribution in [0.2, 0.25) is 0 Å². The maximum Gasteiger partial charge on any atom is 0.408 e. The summed E-state index contributed by atoms with van der Waals surface area (Å²) >= 11 is 1.59. The molecule has 0 radical (unpaired) electrons. The average Bonchev–Trinajstić information content (AvgIpc) is 3.45. The molecule has 3 amide bonds. The molecule has 10 heteroatoms. The Hall–Kier alpha value is -3.53. The van der Waals surface area contributed by atoms with Gasteiger partial charge in [-0.2, -0.15) is 0 Å². The van der Waals surface area contributed by atoms with E-state index in [1.807, 2.05) is 63.2 Å². The van der Waals surface area contributed by atoms with Crippen molar-refractivity contribution in [1.29, 1.82) is 0 Å². The largest absolute Gasteiger partial charge is 0.479 e. The summed E-state index contributed by atoms with van der Waals surface area (Å²) < 4.78 is 5.44. The van der Waals surface area contributed by atoms with Crippen LogP contribution in [0.3, 0.4) is 0 Å². The van der Waals surface area contributed by atoms with Crippen molar-refractivity contribution in [2.45, 2.75) is 87.8 Å². The molecule has 1 heterocycles. The van der Waals surface area contributed by atoms with Crippen LogP contribution in [-0.2, 0) is 19.1 Å². The van der Waals surface area contributed by atoms with Gasteiger partial charge in [-0.1, -0.05) is 63.2 Å². The zero-order valence-corrected chi connectivity index (χ0v) is 25.9. The van der Waals surface area contributed by atoms with Gasteiger partial charge in [0.25, 0.3) is 0 Å². The van der Waals surface area contributed by atoms with Crippen LogP contribution in [0.1, 0.15) is 54.4 Å². The lowest BCUT2D eigenvalue weighted by Gasteiger charge is -2.36. The highest BCUT2D eigenvalue weighted by atomic mass is 32.2. The minimum Gasteiger partial charge on any atom is -0.479 e. The molecule has 3 N–H and O–H groups in total. The third-order valence-electron chi connectivity index (χ3n) is 7.69. The number of carboxylic acids is 1. The molecular formula is C32H41N3O6S. The molecular weight excluding hydrogens is 554 g/mol. The first-order valence-electron chi connectivity index (χ1n) is 14.2. The Balaban J connectivity index is 1.64. The van der Waals surface area contributed by atoms with E-state index in [9.17, 15) is 24.3 Å². The van der Waals surface area contributed by atoms with Crippen LogP contribution in [0, 0.1) is 11.3 Å². The predicted molar refractivity (Wildman–Crippen MR) is 163 cm³/mol. The number of rotatable bonds is 8. The minimum atomic E-state index is -1.42. The summed E-state index contributed by atoms with van der Waals surface area (Å²) in [5.41, 5.74) is -2.89. The van der Waals surface area contributed by atoms with E-state index in [0.717, 1.165) is 15.7 Å². The molecule has 2 fully saturated rings. The lowest BCUT2D eigenvalue weighted by Crippen LogP contribution is -2.59. The molecule has 2 aromatic rings. The number of amides is 3. The van der Waals surface area contributed by atoms with Crippen molar-refractivity contribution in [2.75, 3.05) is 6.54 Å². The fourth-order valence-corrected chi connectivity index (χ4v) is 6.75. The molecule has 1 saturated heterocycles. The Kier molecular flexibility index (Phi) is 8.69. The van der Waals surface area contributed by atoms with Crippen molar-refractivity contribution in [1.82, 2.24) is 15.5 Å². The quantitative estimate of drug-likeness (QED) is 0.368. The van der Waals surface area contributed by atoms with E-state index in [1.54, 1.807) is 32.5 Å². The van der Waals surface area contributed by atoms with Crippen LogP contribution >= 0.6 is 11.8 Å². The Morgan fingerprint density at radius 2 is 1.76 bits per heavy atom. The standard InChI is InChI=1S/C32H41N3O6S/c1-8-20-17-32(20,28(38)39)34-26(36)23-16-21(42-24-15-11-13-19-12-9-10-14-22(19)24)18-35(23)27(37)25(30(2,3)4)33-29(40)41-31(5,6)7/h8-15,20-21,23,25H,1,16-18H2,2-7H3,(H,33,40)(H,34,36)(H,38,39). The molecule has 5 atom stereocenters. The summed E-state index contributed by atoms with van der Waals surface area (Å²) in [4.78, 5) is 55.3. The number of thioether (sulfide) groups is 1. The van der Waals surface area contributed by atoms with Crippen LogP contribution < -0.4 is 10.6 Å². The van der Waals surface area contributed by atoms with Gasteiger partial charge >= 0.3 is 12.1 Å². The zero-order valence-electron chi connectivity index (χ0n) is 25.1. The van der Waals surface area contributed by atoms with Crippen molar-refractivity contribution in [3.63, 3.8) is 0 Å². The molecule has 226 valence electrons. The molecule has 2 aliphatic rings. The third-order valence-corrected chi connectivity index (χ3v) is 8.98. The van der Waals surface area contributed by atoms with E-state index in [1.165, 1.54) is 11.0 Å². The molecule has 0 bridgehead atoms. The molecule has 1 aliphatic heterocycles. The lowest BCUT2D eigenvalue weighted by molar-refractivity contribution is -0.146. The van der Waals surface area contributed by atoms with Gasteiger partial charge in [0.1, 0.15) is 23.2 Å². The van der Waals surface area contributed by atoms with E-state index in [4.69, 9.17) is 4.74 Å². The summed E-state index contributed by atoms with van der Waals surface area (Å²) in [5.74, 6) is -2.46. The number of aliphatic carboxylic acids is 1. The number of carbonyl (C=O) groups is 4. The van der Waals surface area contributed by atoms with Crippen molar-refractivity contribution in [3.05, 3.63) is 55.1 Å². The predicted octanol–water partition coefficient (Wildman–Crippen LogP) is 4.99. The summed E-state index contributed by atoms with van der Waals surface area (Å²) in [6.07, 6.45) is 1.38. The number of nitrogens with zero attached hydrogens (tertiary/aromatic N) is 1. The highest BCUT2D eigenvalue weighted by Crippen LogP contribution is 2.45. The van der Waals surface area contributed by atoms with Gasteiger partial charge in [-0.05, 0) is 55.9 Å². The van der Waals surface area contributed by atoms with Crippen molar-refractivity contribution in [3.8, 4) is 0 Å². The number of hydrogen-bond donors (Lipinski definition) is 3. The van der Waals surface area contributed by atoms with E-state index in [2.05, 4.69) is 17.2 Å². The van der Waals surface area contributed by atoms with Gasteiger partial charge in [0, 0.05) is 22.6 Å². The maximum atomic E-state index is 14.2. The van der Waals surface area contributed by atoms with E-state index in [-0.39, 0.29) is 24.1 Å². The number of benzene rings is 2. The normalized spacial score (nSPS) is 24.5. The van der Waals surface area contributed by atoms with E-state index >= 15 is 0 Å². The number of alkyl carbamates (subject to hydrolysis) is 1. The Morgan fingerprint density at radius 3 is 2.36 bits per heavy atom. The molecule has 2 aromatic carbocycles. The molecule has 0 aromatic heterocycles. The second-order valence-electron chi connectivity index (χ2n) is 13.2. The maximum absolute atomic E-state index is 14.2. The first-order valence-corrected chi connectivity index (χ1v) is 15.1. The second kappa shape index (κ2) is 11.6. The number of fused-ring (bicyclic) bond motifs is 1. The van der Waals surface area contributed by atoms with Crippen LogP contribution in [0.4, 0.5) is 4.79 Å². The fourth-order valence-electron chi connectivity index (χ4n) is 5.41. The number of ether oxygens (including phenoxy) is 1. The average molecular weight is 596 g/mol. The minimum absolute atomic E-state index is 0.146. The molecule has 1 saturated carbocycles. The zero-order chi connectivity index (χ0) is 31.0. The van der Waals surface area contributed by atoms with Crippen molar-refractivity contribution < 1.29 is 29.0 Å². The molecule has 5 unspecified atom stereocenters. The van der Waals surface area contributed by atoms with Gasteiger partial charge in [0.2, 0.25) is 11.8 Å². The number of hydrogen-bond acceptors (Lipinski definition) is 6. The topological polar surface area (TPSA) is 125 Å². The van der Waals surface area contributed by atoms with Gasteiger partial charge in [-0.15, -0.1) is 18.3 Å². The number of nitrogens with one attached hydrogen (secondary N) is 2. The summed E-state index contributed by atoms with van der Waals surface area (Å²) in [5, 5.41) is 17.4. The highest BCUT2D eigenvalue weighted by molar-refractivity contribution is 8.00. The summed E-state index contributed by atoms with van der Waals surface area (Å²) in [6.45, 7) is 14.7. The SMILES string of the molecule is C=CC1CC1(NC(=O)C1CC(Sc2cccc3ccccc23)CN1C(=O)C(NC(=O)OC(C)(C)C)C(C)(C)C)C(=O)O. The monoisotopic (exact) mass is 595 g/mol. The molecule has 1 aliphatic carbocycles. The molecule has 0 spiro atoms. The van der Waals surface area contributed by atoms with E-state index < -0.39 is 52.5 Å². The van der Waals surface area contributed by atoms with Crippen molar-refractivity contribution >= 4 is 46.4 Å². The van der Waals surface area contributed by atoms with Gasteiger partial charge in [0.15, 0.2) is 0 Å². The first kappa shape index (κ1) is 31.4. The highest BCUT2D eigenvalue weighted by Gasteiger charge is 2.61. The Morgan fingerprint density at radius 1 is 1.10 bits per heavy atom. The van der Waals surface area contributed by atoms with Crippen LogP contribution in [-0.4, -0.2) is 68.9 Å². The van der Waals surface area contributed by atoms with Crippen LogP contribution in [0.25, 0.3) is 10.8 Å². The number of likely N-dealkylation sites (tertiary alicyclic amines) is 1. The van der Waals surface area contributed by atoms with Gasteiger partial charge < -0.3 is 25.4 Å². The van der Waals surface area contributed by atoms with Gasteiger partial charge in [-0.3, -0.25) is 9.59 Å². The summed E-state index contributed by atoms with van der Waals surface area (Å²) in [6, 6.07) is 12.2. The molecule has 4 rings (SSSR count). The second-order valence-corrected chi connectivity index (χ2v) is 14.6. The molecule has 9 nitrogen and oxygen atoms in total. The Labute approximate surface area is 251 Å².